The summed E-state index contributed by atoms with van der Waals surface area (Å²) < 4.78 is 5.67. The zero-order chi connectivity index (χ0) is 13.8. The first-order chi connectivity index (χ1) is 9.77. The lowest BCUT2D eigenvalue weighted by Crippen LogP contribution is -2.47. The van der Waals surface area contributed by atoms with Crippen LogP contribution in [0.5, 0.6) is 0 Å². The number of rotatable bonds is 5. The molecule has 0 aromatic heterocycles. The van der Waals surface area contributed by atoms with E-state index in [-0.39, 0.29) is 0 Å². The van der Waals surface area contributed by atoms with Gasteiger partial charge >= 0.3 is 0 Å². The van der Waals surface area contributed by atoms with Gasteiger partial charge in [-0.2, -0.15) is 0 Å². The van der Waals surface area contributed by atoms with Crippen LogP contribution in [0, 0.1) is 5.41 Å². The number of nitrogens with one attached hydrogen (secondary N) is 1. The van der Waals surface area contributed by atoms with Crippen LogP contribution in [-0.2, 0) is 4.74 Å². The van der Waals surface area contributed by atoms with Crippen LogP contribution < -0.4 is 5.32 Å². The van der Waals surface area contributed by atoms with E-state index in [1.54, 1.807) is 0 Å². The van der Waals surface area contributed by atoms with Gasteiger partial charge in [-0.1, -0.05) is 12.8 Å². The second-order valence-corrected chi connectivity index (χ2v) is 7.39. The number of ether oxygens (including phenoxy) is 1. The minimum Gasteiger partial charge on any atom is -0.377 e. The maximum Gasteiger partial charge on any atom is 0.0700 e. The van der Waals surface area contributed by atoms with E-state index in [9.17, 15) is 0 Å². The lowest BCUT2D eigenvalue weighted by Gasteiger charge is -2.42. The predicted molar refractivity (Wildman–Crippen MR) is 83.0 cm³/mol. The molecule has 1 spiro atoms. The molecule has 1 aliphatic carbocycles. The van der Waals surface area contributed by atoms with Crippen molar-refractivity contribution in [3.05, 3.63) is 0 Å². The topological polar surface area (TPSA) is 24.5 Å². The summed E-state index contributed by atoms with van der Waals surface area (Å²) in [6.45, 7) is 8.16. The first-order valence-corrected chi connectivity index (χ1v) is 8.84. The number of likely N-dealkylation sites (tertiary alicyclic amines) is 1. The Balaban J connectivity index is 1.34. The van der Waals surface area contributed by atoms with Crippen molar-refractivity contribution in [2.75, 3.05) is 32.8 Å². The summed E-state index contributed by atoms with van der Waals surface area (Å²) in [4.78, 5) is 2.70. The van der Waals surface area contributed by atoms with E-state index in [0.29, 0.717) is 12.1 Å². The van der Waals surface area contributed by atoms with Crippen LogP contribution in [-0.4, -0.2) is 49.8 Å². The maximum atomic E-state index is 5.67. The van der Waals surface area contributed by atoms with Gasteiger partial charge in [-0.15, -0.1) is 0 Å². The molecule has 3 heteroatoms. The van der Waals surface area contributed by atoms with Crippen molar-refractivity contribution in [3.63, 3.8) is 0 Å². The molecule has 0 radical (unpaired) electrons. The highest BCUT2D eigenvalue weighted by Crippen LogP contribution is 2.46. The van der Waals surface area contributed by atoms with Gasteiger partial charge in [-0.25, -0.2) is 0 Å². The Kier molecular flexibility index (Phi) is 5.00. The Hall–Kier alpha value is -0.120. The SMILES string of the molecule is CC(CNCC1CCCO1)N1CCC2(CCCC2)CC1. The highest BCUT2D eigenvalue weighted by molar-refractivity contribution is 4.91. The molecule has 2 unspecified atom stereocenters. The lowest BCUT2D eigenvalue weighted by molar-refractivity contribution is 0.0766. The van der Waals surface area contributed by atoms with Gasteiger partial charge in [-0.05, 0) is 64.0 Å². The van der Waals surface area contributed by atoms with Crippen molar-refractivity contribution in [1.29, 1.82) is 0 Å². The van der Waals surface area contributed by atoms with Crippen LogP contribution in [0.3, 0.4) is 0 Å². The van der Waals surface area contributed by atoms with Crippen molar-refractivity contribution in [3.8, 4) is 0 Å². The van der Waals surface area contributed by atoms with Gasteiger partial charge in [0, 0.05) is 25.7 Å². The Morgan fingerprint density at radius 1 is 1.15 bits per heavy atom. The fourth-order valence-electron chi connectivity index (χ4n) is 4.45. The molecule has 2 aliphatic heterocycles. The van der Waals surface area contributed by atoms with Gasteiger partial charge in [0.15, 0.2) is 0 Å². The van der Waals surface area contributed by atoms with Crippen LogP contribution in [0.25, 0.3) is 0 Å². The Bertz CT molecular complexity index is 285. The Morgan fingerprint density at radius 2 is 1.90 bits per heavy atom. The first-order valence-electron chi connectivity index (χ1n) is 8.84. The van der Waals surface area contributed by atoms with E-state index in [4.69, 9.17) is 4.74 Å². The molecule has 3 nitrogen and oxygen atoms in total. The lowest BCUT2D eigenvalue weighted by atomic mass is 9.77. The molecule has 2 saturated heterocycles. The van der Waals surface area contributed by atoms with E-state index in [1.165, 1.54) is 64.5 Å². The van der Waals surface area contributed by atoms with Crippen molar-refractivity contribution in [1.82, 2.24) is 10.2 Å². The third kappa shape index (κ3) is 3.55. The molecular weight excluding hydrogens is 248 g/mol. The molecule has 20 heavy (non-hydrogen) atoms. The van der Waals surface area contributed by atoms with Crippen LogP contribution in [0.1, 0.15) is 58.3 Å². The number of hydrogen-bond donors (Lipinski definition) is 1. The zero-order valence-corrected chi connectivity index (χ0v) is 13.2. The summed E-state index contributed by atoms with van der Waals surface area (Å²) in [5.74, 6) is 0. The summed E-state index contributed by atoms with van der Waals surface area (Å²) in [5.41, 5.74) is 0.751. The smallest absolute Gasteiger partial charge is 0.0700 e. The fraction of sp³-hybridized carbons (Fsp3) is 1.00. The van der Waals surface area contributed by atoms with Crippen LogP contribution in [0.15, 0.2) is 0 Å². The van der Waals surface area contributed by atoms with Gasteiger partial charge in [0.25, 0.3) is 0 Å². The first kappa shape index (κ1) is 14.8. The molecule has 0 amide bonds. The Labute approximate surface area is 124 Å². The van der Waals surface area contributed by atoms with E-state index >= 15 is 0 Å². The van der Waals surface area contributed by atoms with Crippen LogP contribution >= 0.6 is 0 Å². The second kappa shape index (κ2) is 6.76. The molecule has 3 rings (SSSR count). The van der Waals surface area contributed by atoms with Gasteiger partial charge in [-0.3, -0.25) is 4.90 Å². The normalized spacial score (nSPS) is 31.9. The fourth-order valence-corrected chi connectivity index (χ4v) is 4.45. The maximum absolute atomic E-state index is 5.67. The largest absolute Gasteiger partial charge is 0.377 e. The molecule has 3 aliphatic rings. The summed E-state index contributed by atoms with van der Waals surface area (Å²) in [6, 6.07) is 0.676. The summed E-state index contributed by atoms with van der Waals surface area (Å²) in [7, 11) is 0. The van der Waals surface area contributed by atoms with Crippen LogP contribution in [0.4, 0.5) is 0 Å². The van der Waals surface area contributed by atoms with Crippen molar-refractivity contribution < 1.29 is 4.74 Å². The Morgan fingerprint density at radius 3 is 2.55 bits per heavy atom. The van der Waals surface area contributed by atoms with E-state index in [1.807, 2.05) is 0 Å². The van der Waals surface area contributed by atoms with E-state index in [0.717, 1.165) is 25.1 Å². The van der Waals surface area contributed by atoms with Gasteiger partial charge in [0.2, 0.25) is 0 Å². The van der Waals surface area contributed by atoms with Gasteiger partial charge in [0.1, 0.15) is 0 Å². The number of piperidine rings is 1. The number of hydrogen-bond acceptors (Lipinski definition) is 3. The third-order valence-corrected chi connectivity index (χ3v) is 5.98. The quantitative estimate of drug-likeness (QED) is 0.838. The zero-order valence-electron chi connectivity index (χ0n) is 13.2. The summed E-state index contributed by atoms with van der Waals surface area (Å²) in [5, 5.41) is 3.62. The standard InChI is InChI=1S/C17H32N2O/c1-15(13-18-14-16-5-4-12-20-16)19-10-8-17(9-11-19)6-2-3-7-17/h15-16,18H,2-14H2,1H3. The molecule has 1 saturated carbocycles. The molecule has 2 atom stereocenters. The molecule has 3 fully saturated rings. The average molecular weight is 280 g/mol. The minimum atomic E-state index is 0.477. The van der Waals surface area contributed by atoms with Crippen molar-refractivity contribution >= 4 is 0 Å². The number of nitrogens with zero attached hydrogens (tertiary/aromatic N) is 1. The van der Waals surface area contributed by atoms with E-state index < -0.39 is 0 Å². The highest BCUT2D eigenvalue weighted by Gasteiger charge is 2.37. The molecule has 2 heterocycles. The molecule has 0 aromatic rings. The van der Waals surface area contributed by atoms with Crippen molar-refractivity contribution in [2.45, 2.75) is 70.4 Å². The molecule has 0 aromatic carbocycles. The molecule has 1 N–H and O–H groups in total. The third-order valence-electron chi connectivity index (χ3n) is 5.98. The van der Waals surface area contributed by atoms with E-state index in [2.05, 4.69) is 17.1 Å². The average Bonchev–Trinajstić information content (AvgIpc) is 3.12. The predicted octanol–water partition coefficient (Wildman–Crippen LogP) is 2.80. The highest BCUT2D eigenvalue weighted by atomic mass is 16.5. The molecular formula is C17H32N2O. The summed E-state index contributed by atoms with van der Waals surface area (Å²) >= 11 is 0. The molecule has 116 valence electrons. The monoisotopic (exact) mass is 280 g/mol. The van der Waals surface area contributed by atoms with Crippen molar-refractivity contribution in [2.24, 2.45) is 5.41 Å². The van der Waals surface area contributed by atoms with Crippen LogP contribution in [0.2, 0.25) is 0 Å². The molecule has 0 bridgehead atoms. The summed E-state index contributed by atoms with van der Waals surface area (Å²) in [6.07, 6.45) is 11.8. The van der Waals surface area contributed by atoms with Gasteiger partial charge < -0.3 is 10.1 Å². The minimum absolute atomic E-state index is 0.477. The van der Waals surface area contributed by atoms with Gasteiger partial charge in [0.05, 0.1) is 6.10 Å². The second-order valence-electron chi connectivity index (χ2n) is 7.39.